The molecule has 1 aromatic rings. The molecule has 0 unspecified atom stereocenters. The van der Waals surface area contributed by atoms with Gasteiger partial charge in [0.15, 0.2) is 5.57 Å². The first-order chi connectivity index (χ1) is 17.4. The Kier molecular flexibility index (Phi) is 15.6. The van der Waals surface area contributed by atoms with Gasteiger partial charge in [0.2, 0.25) is 0 Å². The van der Waals surface area contributed by atoms with E-state index in [1.54, 1.807) is 12.1 Å². The highest BCUT2D eigenvalue weighted by atomic mass is 16.6. The van der Waals surface area contributed by atoms with Crippen molar-refractivity contribution >= 4 is 29.5 Å². The van der Waals surface area contributed by atoms with Gasteiger partial charge in [-0.15, -0.1) is 0 Å². The minimum atomic E-state index is -0.999. The second-order valence-corrected chi connectivity index (χ2v) is 8.25. The quantitative estimate of drug-likeness (QED) is 0.0691. The number of rotatable bonds is 17. The SMILES string of the molecule is CCCCOC(=O)C(C(=O)OCCCC)=C(C(=O)OCCCC)c1ccccc1C(=O)OCCCC. The van der Waals surface area contributed by atoms with E-state index in [4.69, 9.17) is 18.9 Å². The first-order valence-corrected chi connectivity index (χ1v) is 12.9. The van der Waals surface area contributed by atoms with Gasteiger partial charge >= 0.3 is 23.9 Å². The second-order valence-electron chi connectivity index (χ2n) is 8.25. The topological polar surface area (TPSA) is 105 Å². The summed E-state index contributed by atoms with van der Waals surface area (Å²) in [7, 11) is 0. The van der Waals surface area contributed by atoms with Gasteiger partial charge < -0.3 is 18.9 Å². The van der Waals surface area contributed by atoms with Gasteiger partial charge in [-0.3, -0.25) is 0 Å². The van der Waals surface area contributed by atoms with Crippen LogP contribution in [0, 0.1) is 0 Å². The molecule has 1 rings (SSSR count). The van der Waals surface area contributed by atoms with Crippen LogP contribution in [0.25, 0.3) is 5.57 Å². The molecule has 0 heterocycles. The summed E-state index contributed by atoms with van der Waals surface area (Å²) >= 11 is 0. The fraction of sp³-hybridized carbons (Fsp3) is 0.571. The molecule has 0 aliphatic heterocycles. The first-order valence-electron chi connectivity index (χ1n) is 12.9. The van der Waals surface area contributed by atoms with Crippen molar-refractivity contribution in [2.45, 2.75) is 79.1 Å². The number of carbonyl (C=O) groups excluding carboxylic acids is 4. The Labute approximate surface area is 214 Å². The van der Waals surface area contributed by atoms with E-state index >= 15 is 0 Å². The van der Waals surface area contributed by atoms with E-state index in [0.29, 0.717) is 25.7 Å². The van der Waals surface area contributed by atoms with Crippen LogP contribution < -0.4 is 0 Å². The summed E-state index contributed by atoms with van der Waals surface area (Å²) in [5.74, 6) is -3.58. The van der Waals surface area contributed by atoms with Crippen LogP contribution in [0.1, 0.15) is 95.0 Å². The lowest BCUT2D eigenvalue weighted by atomic mass is 9.95. The predicted octanol–water partition coefficient (Wildman–Crippen LogP) is 5.43. The van der Waals surface area contributed by atoms with Crippen molar-refractivity contribution < 1.29 is 38.1 Å². The molecule has 0 aliphatic carbocycles. The molecule has 0 saturated carbocycles. The van der Waals surface area contributed by atoms with Crippen molar-refractivity contribution in [1.82, 2.24) is 0 Å². The molecular weight excluding hydrogens is 464 g/mol. The van der Waals surface area contributed by atoms with Crippen LogP contribution in [0.5, 0.6) is 0 Å². The Balaban J connectivity index is 3.67. The van der Waals surface area contributed by atoms with E-state index in [0.717, 1.165) is 25.7 Å². The van der Waals surface area contributed by atoms with Crippen LogP contribution in [-0.2, 0) is 33.3 Å². The predicted molar refractivity (Wildman–Crippen MR) is 136 cm³/mol. The number of hydrogen-bond donors (Lipinski definition) is 0. The van der Waals surface area contributed by atoms with Gasteiger partial charge in [0.05, 0.1) is 37.6 Å². The van der Waals surface area contributed by atoms with E-state index < -0.39 is 29.5 Å². The minimum absolute atomic E-state index is 0.0382. The maximum Gasteiger partial charge on any atom is 0.346 e. The summed E-state index contributed by atoms with van der Waals surface area (Å²) < 4.78 is 21.4. The van der Waals surface area contributed by atoms with Crippen molar-refractivity contribution in [1.29, 1.82) is 0 Å². The fourth-order valence-electron chi connectivity index (χ4n) is 3.04. The van der Waals surface area contributed by atoms with Crippen LogP contribution in [0.2, 0.25) is 0 Å². The summed E-state index contributed by atoms with van der Waals surface area (Å²) in [6, 6.07) is 6.16. The summed E-state index contributed by atoms with van der Waals surface area (Å²) in [4.78, 5) is 52.5. The molecule has 8 heteroatoms. The van der Waals surface area contributed by atoms with Gasteiger partial charge in [-0.1, -0.05) is 71.6 Å². The second kappa shape index (κ2) is 18.2. The van der Waals surface area contributed by atoms with Gasteiger partial charge in [0, 0.05) is 5.56 Å². The standard InChI is InChI=1S/C28H40O8/c1-5-9-17-33-25(29)22-16-14-13-15-21(22)23(26(30)34-18-10-6-2)24(27(31)35-19-11-7-3)28(32)36-20-12-8-4/h13-16H,5-12,17-20H2,1-4H3. The summed E-state index contributed by atoms with van der Waals surface area (Å²) in [5, 5.41) is 0. The zero-order valence-electron chi connectivity index (χ0n) is 22.1. The molecule has 200 valence electrons. The number of benzene rings is 1. The zero-order valence-corrected chi connectivity index (χ0v) is 22.1. The zero-order chi connectivity index (χ0) is 26.8. The molecule has 0 amide bonds. The first kappa shape index (κ1) is 30.9. The summed E-state index contributed by atoms with van der Waals surface area (Å²) in [6.07, 6.45) is 5.59. The Bertz CT molecular complexity index is 863. The highest BCUT2D eigenvalue weighted by Crippen LogP contribution is 2.27. The van der Waals surface area contributed by atoms with E-state index in [2.05, 4.69) is 0 Å². The van der Waals surface area contributed by atoms with Crippen molar-refractivity contribution in [3.05, 3.63) is 41.0 Å². The fourth-order valence-corrected chi connectivity index (χ4v) is 3.04. The average molecular weight is 505 g/mol. The molecule has 36 heavy (non-hydrogen) atoms. The maximum atomic E-state index is 13.3. The lowest BCUT2D eigenvalue weighted by Crippen LogP contribution is -2.25. The van der Waals surface area contributed by atoms with Crippen LogP contribution in [0.15, 0.2) is 29.8 Å². The summed E-state index contributed by atoms with van der Waals surface area (Å²) in [5.41, 5.74) is -0.860. The molecule has 0 radical (unpaired) electrons. The molecule has 1 aromatic carbocycles. The number of hydrogen-bond acceptors (Lipinski definition) is 8. The normalized spacial score (nSPS) is 10.3. The van der Waals surface area contributed by atoms with Gasteiger partial charge in [0.1, 0.15) is 0 Å². The van der Waals surface area contributed by atoms with Crippen LogP contribution >= 0.6 is 0 Å². The number of esters is 4. The largest absolute Gasteiger partial charge is 0.462 e. The van der Waals surface area contributed by atoms with Crippen molar-refractivity contribution in [2.24, 2.45) is 0 Å². The van der Waals surface area contributed by atoms with E-state index in [-0.39, 0.29) is 43.1 Å². The highest BCUT2D eigenvalue weighted by molar-refractivity contribution is 6.33. The van der Waals surface area contributed by atoms with Crippen LogP contribution in [0.4, 0.5) is 0 Å². The number of ether oxygens (including phenoxy) is 4. The highest BCUT2D eigenvalue weighted by Gasteiger charge is 2.34. The summed E-state index contributed by atoms with van der Waals surface area (Å²) in [6.45, 7) is 8.20. The van der Waals surface area contributed by atoms with Crippen molar-refractivity contribution in [2.75, 3.05) is 26.4 Å². The third-order valence-electron chi connectivity index (χ3n) is 5.20. The molecule has 0 aromatic heterocycles. The maximum absolute atomic E-state index is 13.3. The van der Waals surface area contributed by atoms with E-state index in [1.807, 2.05) is 27.7 Å². The van der Waals surface area contributed by atoms with Gasteiger partial charge in [0.25, 0.3) is 0 Å². The molecule has 8 nitrogen and oxygen atoms in total. The van der Waals surface area contributed by atoms with Gasteiger partial charge in [-0.25, -0.2) is 19.2 Å². The Hall–Kier alpha value is -3.16. The number of unbranched alkanes of at least 4 members (excludes halogenated alkanes) is 4. The molecular formula is C28H40O8. The Morgan fingerprint density at radius 1 is 0.556 bits per heavy atom. The number of carbonyl (C=O) groups is 4. The smallest absolute Gasteiger partial charge is 0.346 e. The van der Waals surface area contributed by atoms with E-state index in [1.165, 1.54) is 12.1 Å². The molecule has 0 aliphatic rings. The van der Waals surface area contributed by atoms with E-state index in [9.17, 15) is 19.2 Å². The Morgan fingerprint density at radius 3 is 1.39 bits per heavy atom. The van der Waals surface area contributed by atoms with Crippen LogP contribution in [0.3, 0.4) is 0 Å². The molecule has 0 atom stereocenters. The van der Waals surface area contributed by atoms with Gasteiger partial charge in [-0.2, -0.15) is 0 Å². The monoisotopic (exact) mass is 504 g/mol. The lowest BCUT2D eigenvalue weighted by Gasteiger charge is -2.16. The van der Waals surface area contributed by atoms with Crippen molar-refractivity contribution in [3.63, 3.8) is 0 Å². The molecule has 0 bridgehead atoms. The Morgan fingerprint density at radius 2 is 0.944 bits per heavy atom. The minimum Gasteiger partial charge on any atom is -0.462 e. The van der Waals surface area contributed by atoms with Crippen LogP contribution in [-0.4, -0.2) is 50.3 Å². The molecule has 0 N–H and O–H groups in total. The third-order valence-corrected chi connectivity index (χ3v) is 5.20. The lowest BCUT2D eigenvalue weighted by molar-refractivity contribution is -0.148. The molecule has 0 spiro atoms. The third kappa shape index (κ3) is 10.2. The average Bonchev–Trinajstić information content (AvgIpc) is 2.87. The van der Waals surface area contributed by atoms with Gasteiger partial charge in [-0.05, 0) is 31.7 Å². The van der Waals surface area contributed by atoms with Crippen molar-refractivity contribution in [3.8, 4) is 0 Å². The molecule has 0 fully saturated rings. The molecule has 0 saturated heterocycles.